The minimum absolute atomic E-state index is 0.0151. The molecule has 0 saturated carbocycles. The molecular weight excluding hydrogens is 390 g/mol. The van der Waals surface area contributed by atoms with Gasteiger partial charge in [0, 0.05) is 12.8 Å². The Morgan fingerprint density at radius 3 is 1.93 bits per heavy atom. The molecule has 0 spiro atoms. The van der Waals surface area contributed by atoms with Gasteiger partial charge in [-0.25, -0.2) is 16.8 Å². The summed E-state index contributed by atoms with van der Waals surface area (Å²) < 4.78 is 47.1. The van der Waals surface area contributed by atoms with Gasteiger partial charge in [-0.2, -0.15) is 0 Å². The summed E-state index contributed by atoms with van der Waals surface area (Å²) in [7, 11) is -6.88. The lowest BCUT2D eigenvalue weighted by Gasteiger charge is -2.07. The quantitative estimate of drug-likeness (QED) is 0.663. The maximum absolute atomic E-state index is 12.1. The van der Waals surface area contributed by atoms with Crippen LogP contribution < -0.4 is 5.32 Å². The van der Waals surface area contributed by atoms with Crippen LogP contribution in [-0.2, 0) is 30.2 Å². The van der Waals surface area contributed by atoms with Gasteiger partial charge in [0.05, 0.1) is 17.3 Å². The van der Waals surface area contributed by atoms with E-state index in [1.54, 1.807) is 36.4 Å². The average molecular weight is 412 g/mol. The molecule has 0 aromatic heterocycles. The molecule has 0 bridgehead atoms. The van der Waals surface area contributed by atoms with Crippen molar-refractivity contribution in [1.82, 2.24) is 5.32 Å². The minimum atomic E-state index is -3.62. The Morgan fingerprint density at radius 2 is 1.44 bits per heavy atom. The number of aliphatic hydroxyl groups excluding tert-OH is 1. The fourth-order valence-electron chi connectivity index (χ4n) is 2.44. The highest BCUT2D eigenvalue weighted by Gasteiger charge is 2.17. The van der Waals surface area contributed by atoms with Crippen LogP contribution in [0.25, 0.3) is 11.1 Å². The first-order valence-corrected chi connectivity index (χ1v) is 11.8. The Hall–Kier alpha value is -2.23. The van der Waals surface area contributed by atoms with Gasteiger partial charge < -0.3 is 10.4 Å². The topological polar surface area (TPSA) is 118 Å². The molecular formula is C18H21NO6S2. The highest BCUT2D eigenvalue weighted by atomic mass is 32.2. The Kier molecular flexibility index (Phi) is 6.74. The summed E-state index contributed by atoms with van der Waals surface area (Å²) in [5, 5.41) is 10.9. The number of carbonyl (C=O) groups excluding carboxylic acids is 1. The first-order chi connectivity index (χ1) is 12.6. The third-order valence-electron chi connectivity index (χ3n) is 3.74. The molecule has 2 N–H and O–H groups in total. The molecule has 146 valence electrons. The van der Waals surface area contributed by atoms with Gasteiger partial charge in [-0.05, 0) is 28.8 Å². The molecule has 0 unspecified atom stereocenters. The summed E-state index contributed by atoms with van der Waals surface area (Å²) >= 11 is 0. The molecule has 0 radical (unpaired) electrons. The van der Waals surface area contributed by atoms with Crippen molar-refractivity contribution < 1.29 is 26.7 Å². The third-order valence-corrected chi connectivity index (χ3v) is 6.34. The van der Waals surface area contributed by atoms with Crippen LogP contribution in [0.4, 0.5) is 0 Å². The zero-order chi connectivity index (χ0) is 20.1. The Bertz CT molecular complexity index is 995. The van der Waals surface area contributed by atoms with Crippen molar-refractivity contribution in [2.75, 3.05) is 25.2 Å². The summed E-state index contributed by atoms with van der Waals surface area (Å²) in [4.78, 5) is 11.7. The Morgan fingerprint density at radius 1 is 0.926 bits per heavy atom. The van der Waals surface area contributed by atoms with Crippen LogP contribution in [0.5, 0.6) is 0 Å². The molecule has 2 rings (SSSR count). The maximum atomic E-state index is 12.1. The third kappa shape index (κ3) is 6.46. The lowest BCUT2D eigenvalue weighted by atomic mass is 10.0. The second-order valence-electron chi connectivity index (χ2n) is 6.10. The molecule has 0 fully saturated rings. The molecule has 0 aliphatic rings. The summed E-state index contributed by atoms with van der Waals surface area (Å²) in [5.74, 6) is -1.55. The van der Waals surface area contributed by atoms with E-state index in [0.29, 0.717) is 5.56 Å². The Labute approximate surface area is 158 Å². The number of sulfone groups is 2. The van der Waals surface area contributed by atoms with Crippen LogP contribution in [0, 0.1) is 0 Å². The first kappa shape index (κ1) is 21.1. The number of carbonyl (C=O) groups is 1. The molecule has 0 aliphatic heterocycles. The number of hydrogen-bond acceptors (Lipinski definition) is 6. The van der Waals surface area contributed by atoms with Gasteiger partial charge in [0.2, 0.25) is 5.91 Å². The van der Waals surface area contributed by atoms with E-state index < -0.39 is 31.3 Å². The molecule has 0 saturated heterocycles. The summed E-state index contributed by atoms with van der Waals surface area (Å²) in [6.45, 7) is -0.237. The Balaban J connectivity index is 2.07. The second-order valence-corrected chi connectivity index (χ2v) is 10.2. The van der Waals surface area contributed by atoms with Crippen molar-refractivity contribution in [2.45, 2.75) is 10.6 Å². The zero-order valence-electron chi connectivity index (χ0n) is 14.8. The van der Waals surface area contributed by atoms with Crippen LogP contribution >= 0.6 is 0 Å². The predicted octanol–water partition coefficient (Wildman–Crippen LogP) is 0.780. The van der Waals surface area contributed by atoms with E-state index in [1.165, 1.54) is 12.1 Å². The second kappa shape index (κ2) is 8.64. The number of benzene rings is 2. The van der Waals surface area contributed by atoms with E-state index in [2.05, 4.69) is 5.32 Å². The van der Waals surface area contributed by atoms with Gasteiger partial charge in [-0.15, -0.1) is 0 Å². The highest BCUT2D eigenvalue weighted by Crippen LogP contribution is 2.22. The molecule has 2 aromatic carbocycles. The van der Waals surface area contributed by atoms with Gasteiger partial charge in [-0.3, -0.25) is 4.79 Å². The van der Waals surface area contributed by atoms with Crippen LogP contribution in [0.15, 0.2) is 53.4 Å². The molecule has 0 heterocycles. The van der Waals surface area contributed by atoms with Gasteiger partial charge >= 0.3 is 0 Å². The normalized spacial score (nSPS) is 11.9. The summed E-state index contributed by atoms with van der Waals surface area (Å²) in [6.07, 6.45) is 1.14. The number of aliphatic hydroxyl groups is 1. The van der Waals surface area contributed by atoms with Crippen molar-refractivity contribution in [1.29, 1.82) is 0 Å². The van der Waals surface area contributed by atoms with Gasteiger partial charge in [0.25, 0.3) is 0 Å². The van der Waals surface area contributed by atoms with Crippen LogP contribution in [0.3, 0.4) is 0 Å². The van der Waals surface area contributed by atoms with Crippen molar-refractivity contribution in [3.05, 3.63) is 54.1 Å². The smallest absolute Gasteiger partial charge is 0.235 e. The van der Waals surface area contributed by atoms with Crippen LogP contribution in [0.1, 0.15) is 5.56 Å². The SMILES string of the molecule is CS(=O)(=O)c1ccc(-c2ccc(CS(=O)(=O)CC(=O)NCCO)cc2)cc1. The largest absolute Gasteiger partial charge is 0.395 e. The number of amides is 1. The van der Waals surface area contributed by atoms with E-state index in [9.17, 15) is 21.6 Å². The van der Waals surface area contributed by atoms with Crippen molar-refractivity contribution in [3.8, 4) is 11.1 Å². The fourth-order valence-corrected chi connectivity index (χ4v) is 4.37. The highest BCUT2D eigenvalue weighted by molar-refractivity contribution is 7.91. The van der Waals surface area contributed by atoms with Crippen molar-refractivity contribution >= 4 is 25.6 Å². The predicted molar refractivity (Wildman–Crippen MR) is 103 cm³/mol. The lowest BCUT2D eigenvalue weighted by Crippen LogP contribution is -2.32. The average Bonchev–Trinajstić information content (AvgIpc) is 2.59. The van der Waals surface area contributed by atoms with E-state index in [1.807, 2.05) is 0 Å². The molecule has 2 aromatic rings. The lowest BCUT2D eigenvalue weighted by molar-refractivity contribution is -0.118. The number of rotatable bonds is 8. The maximum Gasteiger partial charge on any atom is 0.235 e. The molecule has 7 nitrogen and oxygen atoms in total. The molecule has 0 aliphatic carbocycles. The first-order valence-electron chi connectivity index (χ1n) is 8.08. The summed E-state index contributed by atoms with van der Waals surface area (Å²) in [5.41, 5.74) is 2.17. The molecule has 9 heteroatoms. The van der Waals surface area contributed by atoms with Crippen LogP contribution in [0.2, 0.25) is 0 Å². The van der Waals surface area contributed by atoms with Gasteiger partial charge in [-0.1, -0.05) is 36.4 Å². The van der Waals surface area contributed by atoms with Gasteiger partial charge in [0.15, 0.2) is 19.7 Å². The van der Waals surface area contributed by atoms with E-state index >= 15 is 0 Å². The van der Waals surface area contributed by atoms with Gasteiger partial charge in [0.1, 0.15) is 5.75 Å². The van der Waals surface area contributed by atoms with E-state index in [-0.39, 0.29) is 23.8 Å². The minimum Gasteiger partial charge on any atom is -0.395 e. The van der Waals surface area contributed by atoms with Crippen molar-refractivity contribution in [3.63, 3.8) is 0 Å². The molecule has 1 amide bonds. The number of nitrogens with one attached hydrogen (secondary N) is 1. The van der Waals surface area contributed by atoms with Crippen molar-refractivity contribution in [2.24, 2.45) is 0 Å². The van der Waals surface area contributed by atoms with E-state index in [4.69, 9.17) is 5.11 Å². The molecule has 27 heavy (non-hydrogen) atoms. The standard InChI is InChI=1S/C18H21NO6S2/c1-26(22,23)17-8-6-16(7-9-17)15-4-2-14(3-5-15)12-27(24,25)13-18(21)19-10-11-20/h2-9,20H,10-13H2,1H3,(H,19,21). The molecule has 0 atom stereocenters. The fraction of sp³-hybridized carbons (Fsp3) is 0.278. The van der Waals surface area contributed by atoms with E-state index in [0.717, 1.165) is 17.4 Å². The van der Waals surface area contributed by atoms with Crippen LogP contribution in [-0.4, -0.2) is 53.0 Å². The monoisotopic (exact) mass is 411 g/mol. The summed E-state index contributed by atoms with van der Waals surface area (Å²) in [6, 6.07) is 13.2. The zero-order valence-corrected chi connectivity index (χ0v) is 16.4. The number of hydrogen-bond donors (Lipinski definition) is 2.